The minimum Gasteiger partial charge on any atom is -0.352 e. The zero-order chi connectivity index (χ0) is 26.8. The van der Waals surface area contributed by atoms with Gasteiger partial charge >= 0.3 is 0 Å². The van der Waals surface area contributed by atoms with E-state index in [1.54, 1.807) is 23.1 Å². The SMILES string of the molecule is CC[C@@H](C)NC(=O)[C@H](Cc1ccccc1)N(Cc1c(Cl)cccc1Cl)C(=O)CSCc1cccc(Cl)c1. The Balaban J connectivity index is 1.90. The van der Waals surface area contributed by atoms with Crippen molar-refractivity contribution in [2.75, 3.05) is 5.75 Å². The lowest BCUT2D eigenvalue weighted by atomic mass is 10.0. The van der Waals surface area contributed by atoms with Crippen molar-refractivity contribution in [2.45, 2.75) is 51.1 Å². The molecule has 2 amide bonds. The molecule has 1 N–H and O–H groups in total. The number of amides is 2. The van der Waals surface area contributed by atoms with Gasteiger partial charge in [0.1, 0.15) is 6.04 Å². The van der Waals surface area contributed by atoms with Crippen LogP contribution in [0.25, 0.3) is 0 Å². The van der Waals surface area contributed by atoms with Crippen LogP contribution in [0.1, 0.15) is 37.0 Å². The number of rotatable bonds is 12. The minimum absolute atomic E-state index is 0.0242. The molecule has 0 saturated carbocycles. The van der Waals surface area contributed by atoms with E-state index >= 15 is 0 Å². The Kier molecular flexibility index (Phi) is 11.7. The number of carbonyl (C=O) groups is 2. The Morgan fingerprint density at radius 2 is 1.57 bits per heavy atom. The first kappa shape index (κ1) is 29.4. The first-order chi connectivity index (χ1) is 17.8. The molecule has 0 fully saturated rings. The van der Waals surface area contributed by atoms with E-state index < -0.39 is 6.04 Å². The molecule has 0 bridgehead atoms. The summed E-state index contributed by atoms with van der Waals surface area (Å²) in [6.07, 6.45) is 1.15. The van der Waals surface area contributed by atoms with Crippen molar-refractivity contribution in [3.63, 3.8) is 0 Å². The fraction of sp³-hybridized carbons (Fsp3) is 0.310. The predicted molar refractivity (Wildman–Crippen MR) is 156 cm³/mol. The Hall–Kier alpha value is -2.18. The first-order valence-corrected chi connectivity index (χ1v) is 14.5. The van der Waals surface area contributed by atoms with Crippen LogP contribution in [0.15, 0.2) is 72.8 Å². The molecule has 0 aliphatic rings. The van der Waals surface area contributed by atoms with Crippen LogP contribution in [0.4, 0.5) is 0 Å². The largest absolute Gasteiger partial charge is 0.352 e. The summed E-state index contributed by atoms with van der Waals surface area (Å²) in [7, 11) is 0. The van der Waals surface area contributed by atoms with Crippen LogP contribution in [-0.2, 0) is 28.3 Å². The van der Waals surface area contributed by atoms with E-state index in [4.69, 9.17) is 34.8 Å². The minimum atomic E-state index is -0.733. The van der Waals surface area contributed by atoms with Crippen molar-refractivity contribution in [3.05, 3.63) is 105 Å². The zero-order valence-electron chi connectivity index (χ0n) is 20.9. The topological polar surface area (TPSA) is 49.4 Å². The van der Waals surface area contributed by atoms with E-state index in [0.29, 0.717) is 32.8 Å². The molecule has 3 aromatic carbocycles. The van der Waals surface area contributed by atoms with Gasteiger partial charge in [-0.05, 0) is 48.7 Å². The highest BCUT2D eigenvalue weighted by Crippen LogP contribution is 2.28. The van der Waals surface area contributed by atoms with Crippen LogP contribution in [-0.4, -0.2) is 34.6 Å². The summed E-state index contributed by atoms with van der Waals surface area (Å²) < 4.78 is 0. The van der Waals surface area contributed by atoms with E-state index in [2.05, 4.69) is 5.32 Å². The second-order valence-electron chi connectivity index (χ2n) is 8.87. The second-order valence-corrected chi connectivity index (χ2v) is 11.1. The quantitative estimate of drug-likeness (QED) is 0.243. The van der Waals surface area contributed by atoms with Crippen molar-refractivity contribution in [1.29, 1.82) is 0 Å². The molecule has 0 radical (unpaired) electrons. The first-order valence-electron chi connectivity index (χ1n) is 12.2. The number of carbonyl (C=O) groups excluding carboxylic acids is 2. The highest BCUT2D eigenvalue weighted by Gasteiger charge is 2.31. The third-order valence-corrected chi connectivity index (χ3v) is 7.98. The maximum Gasteiger partial charge on any atom is 0.243 e. The molecule has 2 atom stereocenters. The number of hydrogen-bond donors (Lipinski definition) is 1. The summed E-state index contributed by atoms with van der Waals surface area (Å²) in [6.45, 7) is 4.09. The molecule has 0 aliphatic carbocycles. The highest BCUT2D eigenvalue weighted by atomic mass is 35.5. The molecule has 4 nitrogen and oxygen atoms in total. The molecular formula is C29H31Cl3N2O2S. The lowest BCUT2D eigenvalue weighted by Crippen LogP contribution is -2.52. The maximum atomic E-state index is 13.7. The predicted octanol–water partition coefficient (Wildman–Crippen LogP) is 7.43. The zero-order valence-corrected chi connectivity index (χ0v) is 24.0. The van der Waals surface area contributed by atoms with E-state index in [1.165, 1.54) is 11.8 Å². The van der Waals surface area contributed by atoms with Gasteiger partial charge < -0.3 is 10.2 Å². The number of nitrogens with one attached hydrogen (secondary N) is 1. The molecule has 3 aromatic rings. The van der Waals surface area contributed by atoms with Crippen LogP contribution in [0.5, 0.6) is 0 Å². The molecule has 0 saturated heterocycles. The molecule has 37 heavy (non-hydrogen) atoms. The Morgan fingerprint density at radius 1 is 0.919 bits per heavy atom. The van der Waals surface area contributed by atoms with Crippen molar-refractivity contribution >= 4 is 58.4 Å². The van der Waals surface area contributed by atoms with Crippen LogP contribution in [0.3, 0.4) is 0 Å². The van der Waals surface area contributed by atoms with E-state index in [0.717, 1.165) is 17.5 Å². The van der Waals surface area contributed by atoms with Gasteiger partial charge in [0.05, 0.1) is 5.75 Å². The lowest BCUT2D eigenvalue weighted by Gasteiger charge is -2.32. The number of nitrogens with zero attached hydrogens (tertiary/aromatic N) is 1. The molecular weight excluding hydrogens is 547 g/mol. The van der Waals surface area contributed by atoms with Crippen molar-refractivity contribution < 1.29 is 9.59 Å². The van der Waals surface area contributed by atoms with E-state index in [9.17, 15) is 9.59 Å². The smallest absolute Gasteiger partial charge is 0.243 e. The molecule has 0 aliphatic heterocycles. The Bertz CT molecular complexity index is 1170. The molecule has 0 heterocycles. The third-order valence-electron chi connectivity index (χ3n) is 6.05. The standard InChI is InChI=1S/C29H31Cl3N2O2S/c1-3-20(2)33-29(36)27(16-21-9-5-4-6-10-21)34(17-24-25(31)13-8-14-26(24)32)28(35)19-37-18-22-11-7-12-23(30)15-22/h4-15,20,27H,3,16-19H2,1-2H3,(H,33,36)/t20-,27+/m1/s1. The number of halogens is 3. The summed E-state index contributed by atoms with van der Waals surface area (Å²) in [5, 5.41) is 4.64. The van der Waals surface area contributed by atoms with Gasteiger partial charge in [-0.1, -0.05) is 90.3 Å². The lowest BCUT2D eigenvalue weighted by molar-refractivity contribution is -0.139. The van der Waals surface area contributed by atoms with Gasteiger partial charge in [-0.2, -0.15) is 0 Å². The van der Waals surface area contributed by atoms with Crippen LogP contribution >= 0.6 is 46.6 Å². The summed E-state index contributed by atoms with van der Waals surface area (Å²) in [4.78, 5) is 28.9. The van der Waals surface area contributed by atoms with Crippen molar-refractivity contribution in [1.82, 2.24) is 10.2 Å². The average Bonchev–Trinajstić information content (AvgIpc) is 2.88. The highest BCUT2D eigenvalue weighted by molar-refractivity contribution is 7.99. The fourth-order valence-corrected chi connectivity index (χ4v) is 5.40. The van der Waals surface area contributed by atoms with Crippen LogP contribution in [0.2, 0.25) is 15.1 Å². The van der Waals surface area contributed by atoms with Gasteiger partial charge in [0, 0.05) is 45.4 Å². The summed E-state index contributed by atoms with van der Waals surface area (Å²) in [5.41, 5.74) is 2.61. The summed E-state index contributed by atoms with van der Waals surface area (Å²) in [6, 6.07) is 21.8. The second kappa shape index (κ2) is 14.7. The normalized spacial score (nSPS) is 12.6. The van der Waals surface area contributed by atoms with Gasteiger partial charge in [0.25, 0.3) is 0 Å². The van der Waals surface area contributed by atoms with Gasteiger partial charge in [0.15, 0.2) is 0 Å². The van der Waals surface area contributed by atoms with E-state index in [-0.39, 0.29) is 30.2 Å². The average molecular weight is 578 g/mol. The number of thioether (sulfide) groups is 1. The monoisotopic (exact) mass is 576 g/mol. The number of hydrogen-bond acceptors (Lipinski definition) is 3. The maximum absolute atomic E-state index is 13.7. The Labute approximate surface area is 238 Å². The molecule has 8 heteroatoms. The van der Waals surface area contributed by atoms with Gasteiger partial charge in [0.2, 0.25) is 11.8 Å². The molecule has 196 valence electrons. The third kappa shape index (κ3) is 8.96. The molecule has 0 unspecified atom stereocenters. The summed E-state index contributed by atoms with van der Waals surface area (Å²) in [5.74, 6) is 0.448. The summed E-state index contributed by atoms with van der Waals surface area (Å²) >= 11 is 20.6. The molecule has 3 rings (SSSR count). The molecule has 0 aromatic heterocycles. The van der Waals surface area contributed by atoms with Crippen molar-refractivity contribution in [3.8, 4) is 0 Å². The van der Waals surface area contributed by atoms with Crippen molar-refractivity contribution in [2.24, 2.45) is 0 Å². The van der Waals surface area contributed by atoms with Gasteiger partial charge in [-0.15, -0.1) is 11.8 Å². The number of benzene rings is 3. The van der Waals surface area contributed by atoms with Crippen LogP contribution < -0.4 is 5.32 Å². The van der Waals surface area contributed by atoms with Gasteiger partial charge in [-0.3, -0.25) is 9.59 Å². The Morgan fingerprint density at radius 3 is 2.22 bits per heavy atom. The van der Waals surface area contributed by atoms with Crippen LogP contribution in [0, 0.1) is 0 Å². The van der Waals surface area contributed by atoms with E-state index in [1.807, 2.05) is 68.4 Å². The molecule has 0 spiro atoms. The van der Waals surface area contributed by atoms with Gasteiger partial charge in [-0.25, -0.2) is 0 Å². The fourth-order valence-electron chi connectivity index (χ4n) is 3.81.